The minimum absolute atomic E-state index is 0.00338. The Labute approximate surface area is 171 Å². The molecule has 3 rings (SSSR count). The molecule has 1 saturated carbocycles. The third-order valence-corrected chi connectivity index (χ3v) is 6.28. The number of thioether (sulfide) groups is 1. The number of nitrogens with zero attached hydrogens (tertiary/aromatic N) is 1. The van der Waals surface area contributed by atoms with Crippen LogP contribution < -0.4 is 15.8 Å². The van der Waals surface area contributed by atoms with Crippen molar-refractivity contribution in [3.05, 3.63) is 29.8 Å². The fraction of sp³-hybridized carbons (Fsp3) is 0.579. The minimum atomic E-state index is -4.77. The van der Waals surface area contributed by atoms with Crippen LogP contribution in [0.1, 0.15) is 36.0 Å². The molecule has 1 heterocycles. The summed E-state index contributed by atoms with van der Waals surface area (Å²) in [6, 6.07) is 4.26. The summed E-state index contributed by atoms with van der Waals surface area (Å²) >= 11 is 1.72. The molecule has 3 N–H and O–H groups in total. The van der Waals surface area contributed by atoms with E-state index in [-0.39, 0.29) is 35.1 Å². The standard InChI is InChI=1S/C19H24F3N3O3S/c20-19(21,22)28-15-7-3-13(4-8-15)17(26)24-14-5-1-12(2-6-14)16(23)18(27)25-9-10-29-11-25/h3-4,7-8,12,14,16H,1-2,5-6,9-11,23H2,(H,24,26)/t12?,14?,16-/m0/s1. The SMILES string of the molecule is N[C@H](C(=O)N1CCSC1)C1CCC(NC(=O)c2ccc(OC(F)(F)F)cc2)CC1. The van der Waals surface area contributed by atoms with Crippen LogP contribution in [0.3, 0.4) is 0 Å². The average Bonchev–Trinajstić information content (AvgIpc) is 3.21. The molecule has 1 aliphatic heterocycles. The number of halogens is 3. The van der Waals surface area contributed by atoms with Crippen LogP contribution in [-0.2, 0) is 4.79 Å². The number of ether oxygens (including phenoxy) is 1. The quantitative estimate of drug-likeness (QED) is 0.749. The lowest BCUT2D eigenvalue weighted by molar-refractivity contribution is -0.274. The van der Waals surface area contributed by atoms with Crippen LogP contribution >= 0.6 is 11.8 Å². The van der Waals surface area contributed by atoms with E-state index in [0.717, 1.165) is 37.3 Å². The van der Waals surface area contributed by atoms with Gasteiger partial charge in [0.1, 0.15) is 5.75 Å². The van der Waals surface area contributed by atoms with E-state index in [1.807, 2.05) is 0 Å². The molecule has 6 nitrogen and oxygen atoms in total. The molecule has 2 aliphatic rings. The fourth-order valence-corrected chi connectivity index (χ4v) is 4.65. The van der Waals surface area contributed by atoms with E-state index < -0.39 is 12.4 Å². The van der Waals surface area contributed by atoms with Crippen molar-refractivity contribution in [3.8, 4) is 5.75 Å². The summed E-state index contributed by atoms with van der Waals surface area (Å²) in [6.45, 7) is 0.745. The van der Waals surface area contributed by atoms with E-state index in [1.165, 1.54) is 12.1 Å². The van der Waals surface area contributed by atoms with Gasteiger partial charge in [-0.2, -0.15) is 0 Å². The van der Waals surface area contributed by atoms with Gasteiger partial charge in [0.15, 0.2) is 0 Å². The predicted octanol–water partition coefficient (Wildman–Crippen LogP) is 2.73. The van der Waals surface area contributed by atoms with Gasteiger partial charge in [-0.1, -0.05) is 0 Å². The molecule has 1 aromatic carbocycles. The number of benzene rings is 1. The zero-order chi connectivity index (χ0) is 21.0. The molecule has 160 valence electrons. The van der Waals surface area contributed by atoms with E-state index in [4.69, 9.17) is 5.73 Å². The largest absolute Gasteiger partial charge is 0.573 e. The van der Waals surface area contributed by atoms with E-state index in [9.17, 15) is 22.8 Å². The van der Waals surface area contributed by atoms with E-state index in [1.54, 1.807) is 16.7 Å². The normalized spacial score (nSPS) is 23.5. The number of hydrogen-bond acceptors (Lipinski definition) is 5. The first kappa shape index (κ1) is 21.8. The second-order valence-electron chi connectivity index (χ2n) is 7.32. The fourth-order valence-electron chi connectivity index (χ4n) is 3.70. The van der Waals surface area contributed by atoms with Crippen LogP contribution in [0.5, 0.6) is 5.75 Å². The molecular weight excluding hydrogens is 407 g/mol. The molecule has 0 bridgehead atoms. The van der Waals surface area contributed by atoms with Gasteiger partial charge >= 0.3 is 6.36 Å². The Balaban J connectivity index is 1.46. The molecule has 10 heteroatoms. The Morgan fingerprint density at radius 3 is 2.38 bits per heavy atom. The summed E-state index contributed by atoms with van der Waals surface area (Å²) in [7, 11) is 0. The topological polar surface area (TPSA) is 84.7 Å². The van der Waals surface area contributed by atoms with Gasteiger partial charge in [0.25, 0.3) is 5.91 Å². The molecule has 2 fully saturated rings. The molecule has 0 spiro atoms. The van der Waals surface area contributed by atoms with Crippen LogP contribution in [0, 0.1) is 5.92 Å². The molecule has 1 aliphatic carbocycles. The highest BCUT2D eigenvalue weighted by molar-refractivity contribution is 7.99. The van der Waals surface area contributed by atoms with Gasteiger partial charge in [0.2, 0.25) is 5.91 Å². The third-order valence-electron chi connectivity index (χ3n) is 5.31. The number of nitrogens with one attached hydrogen (secondary N) is 1. The van der Waals surface area contributed by atoms with Gasteiger partial charge in [-0.25, -0.2) is 0 Å². The summed E-state index contributed by atoms with van der Waals surface area (Å²) in [5, 5.41) is 2.91. The van der Waals surface area contributed by atoms with Gasteiger partial charge in [0, 0.05) is 23.9 Å². The maximum Gasteiger partial charge on any atom is 0.573 e. The summed E-state index contributed by atoms with van der Waals surface area (Å²) in [5.41, 5.74) is 6.45. The molecule has 29 heavy (non-hydrogen) atoms. The number of nitrogens with two attached hydrogens (primary N) is 1. The highest BCUT2D eigenvalue weighted by Crippen LogP contribution is 2.28. The first-order valence-electron chi connectivity index (χ1n) is 9.52. The van der Waals surface area contributed by atoms with Crippen molar-refractivity contribution < 1.29 is 27.5 Å². The second-order valence-corrected chi connectivity index (χ2v) is 8.40. The maximum atomic E-state index is 12.4. The van der Waals surface area contributed by atoms with E-state index in [2.05, 4.69) is 10.1 Å². The minimum Gasteiger partial charge on any atom is -0.406 e. The highest BCUT2D eigenvalue weighted by atomic mass is 32.2. The zero-order valence-electron chi connectivity index (χ0n) is 15.8. The number of carbonyl (C=O) groups excluding carboxylic acids is 2. The van der Waals surface area contributed by atoms with Crippen molar-refractivity contribution in [2.75, 3.05) is 18.2 Å². The lowest BCUT2D eigenvalue weighted by Crippen LogP contribution is -2.49. The van der Waals surface area contributed by atoms with Crippen molar-refractivity contribution in [1.29, 1.82) is 0 Å². The molecule has 0 unspecified atom stereocenters. The van der Waals surface area contributed by atoms with Crippen LogP contribution in [0.25, 0.3) is 0 Å². The lowest BCUT2D eigenvalue weighted by atomic mass is 9.81. The summed E-state index contributed by atoms with van der Waals surface area (Å²) < 4.78 is 40.4. The summed E-state index contributed by atoms with van der Waals surface area (Å²) in [5.74, 6) is 1.03. The smallest absolute Gasteiger partial charge is 0.406 e. The van der Waals surface area contributed by atoms with Gasteiger partial charge in [-0.15, -0.1) is 24.9 Å². The molecule has 1 aromatic rings. The molecule has 2 amide bonds. The summed E-state index contributed by atoms with van der Waals surface area (Å²) in [6.07, 6.45) is -1.85. The average molecular weight is 431 g/mol. The first-order chi connectivity index (χ1) is 13.7. The maximum absolute atomic E-state index is 12.4. The van der Waals surface area contributed by atoms with Gasteiger partial charge in [-0.05, 0) is 55.9 Å². The predicted molar refractivity (Wildman–Crippen MR) is 103 cm³/mol. The van der Waals surface area contributed by atoms with Gasteiger partial charge < -0.3 is 20.7 Å². The molecule has 1 saturated heterocycles. The van der Waals surface area contributed by atoms with Crippen molar-refractivity contribution >= 4 is 23.6 Å². The first-order valence-corrected chi connectivity index (χ1v) is 10.7. The Bertz CT molecular complexity index is 716. The van der Waals surface area contributed by atoms with Crippen molar-refractivity contribution in [2.24, 2.45) is 11.7 Å². The Morgan fingerprint density at radius 2 is 1.83 bits per heavy atom. The highest BCUT2D eigenvalue weighted by Gasteiger charge is 2.33. The summed E-state index contributed by atoms with van der Waals surface area (Å²) in [4.78, 5) is 26.6. The van der Waals surface area contributed by atoms with Crippen molar-refractivity contribution in [1.82, 2.24) is 10.2 Å². The van der Waals surface area contributed by atoms with Crippen LogP contribution in [-0.4, -0.2) is 53.3 Å². The van der Waals surface area contributed by atoms with Crippen LogP contribution in [0.15, 0.2) is 24.3 Å². The molecular formula is C19H24F3N3O3S. The molecule has 0 aromatic heterocycles. The number of amides is 2. The Morgan fingerprint density at radius 1 is 1.17 bits per heavy atom. The van der Waals surface area contributed by atoms with Crippen molar-refractivity contribution in [2.45, 2.75) is 44.1 Å². The molecule has 0 radical (unpaired) electrons. The number of carbonyl (C=O) groups is 2. The lowest BCUT2D eigenvalue weighted by Gasteiger charge is -2.33. The Kier molecular flexibility index (Phi) is 6.94. The number of rotatable bonds is 5. The van der Waals surface area contributed by atoms with Gasteiger partial charge in [-0.3, -0.25) is 9.59 Å². The van der Waals surface area contributed by atoms with E-state index in [0.29, 0.717) is 18.7 Å². The Hall–Kier alpha value is -1.94. The van der Waals surface area contributed by atoms with Crippen LogP contribution in [0.4, 0.5) is 13.2 Å². The van der Waals surface area contributed by atoms with Crippen molar-refractivity contribution in [3.63, 3.8) is 0 Å². The third kappa shape index (κ3) is 6.02. The monoisotopic (exact) mass is 431 g/mol. The number of alkyl halides is 3. The van der Waals surface area contributed by atoms with Crippen LogP contribution in [0.2, 0.25) is 0 Å². The van der Waals surface area contributed by atoms with E-state index >= 15 is 0 Å². The zero-order valence-corrected chi connectivity index (χ0v) is 16.6. The van der Waals surface area contributed by atoms with Gasteiger partial charge in [0.05, 0.1) is 11.9 Å². The molecule has 1 atom stereocenters. The second kappa shape index (κ2) is 9.25. The number of hydrogen-bond donors (Lipinski definition) is 2.